The highest BCUT2D eigenvalue weighted by Gasteiger charge is 2.30. The molecule has 2 rings (SSSR count). The molecule has 0 unspecified atom stereocenters. The number of hydrogen-bond donors (Lipinski definition) is 2. The molecular formula is C20H21F3N2O3. The third-order valence-corrected chi connectivity index (χ3v) is 3.75. The Morgan fingerprint density at radius 2 is 1.79 bits per heavy atom. The van der Waals surface area contributed by atoms with Gasteiger partial charge in [0.2, 0.25) is 5.91 Å². The van der Waals surface area contributed by atoms with Gasteiger partial charge in [-0.05, 0) is 49.2 Å². The molecule has 0 fully saturated rings. The predicted molar refractivity (Wildman–Crippen MR) is 99.0 cm³/mol. The van der Waals surface area contributed by atoms with Crippen LogP contribution in [0.2, 0.25) is 0 Å². The van der Waals surface area contributed by atoms with Gasteiger partial charge in [0.15, 0.2) is 6.61 Å². The van der Waals surface area contributed by atoms with Gasteiger partial charge < -0.3 is 15.4 Å². The average Bonchev–Trinajstić information content (AvgIpc) is 2.60. The van der Waals surface area contributed by atoms with Crippen molar-refractivity contribution in [1.29, 1.82) is 0 Å². The lowest BCUT2D eigenvalue weighted by molar-refractivity contribution is -0.137. The highest BCUT2D eigenvalue weighted by molar-refractivity contribution is 5.88. The topological polar surface area (TPSA) is 67.4 Å². The van der Waals surface area contributed by atoms with Gasteiger partial charge in [-0.15, -0.1) is 0 Å². The minimum atomic E-state index is -4.40. The number of benzene rings is 2. The number of halogens is 3. The minimum absolute atomic E-state index is 0.192. The molecule has 28 heavy (non-hydrogen) atoms. The lowest BCUT2D eigenvalue weighted by atomic mass is 10.0. The summed E-state index contributed by atoms with van der Waals surface area (Å²) in [7, 11) is 0. The van der Waals surface area contributed by atoms with Crippen LogP contribution in [0.4, 0.5) is 18.9 Å². The molecular weight excluding hydrogens is 373 g/mol. The number of alkyl halides is 3. The molecule has 0 heterocycles. The van der Waals surface area contributed by atoms with Gasteiger partial charge in [-0.1, -0.05) is 18.2 Å². The Hall–Kier alpha value is -3.03. The van der Waals surface area contributed by atoms with Crippen molar-refractivity contribution in [3.8, 4) is 5.75 Å². The zero-order valence-corrected chi connectivity index (χ0v) is 15.5. The molecule has 0 saturated heterocycles. The van der Waals surface area contributed by atoms with Gasteiger partial charge in [-0.2, -0.15) is 13.2 Å². The van der Waals surface area contributed by atoms with E-state index in [-0.39, 0.29) is 30.9 Å². The molecule has 5 nitrogen and oxygen atoms in total. The third-order valence-electron chi connectivity index (χ3n) is 3.75. The van der Waals surface area contributed by atoms with Gasteiger partial charge in [0.05, 0.1) is 5.56 Å². The Balaban J connectivity index is 1.82. The quantitative estimate of drug-likeness (QED) is 0.751. The number of amides is 2. The molecule has 1 atom stereocenters. The number of ether oxygens (including phenoxy) is 1. The largest absolute Gasteiger partial charge is 0.484 e. The maximum Gasteiger partial charge on any atom is 0.416 e. The van der Waals surface area contributed by atoms with Crippen LogP contribution in [-0.2, 0) is 22.2 Å². The predicted octanol–water partition coefficient (Wildman–Crippen LogP) is 3.79. The van der Waals surface area contributed by atoms with Crippen LogP contribution in [0, 0.1) is 0 Å². The van der Waals surface area contributed by atoms with E-state index in [0.29, 0.717) is 17.0 Å². The summed E-state index contributed by atoms with van der Waals surface area (Å²) in [5.41, 5.74) is 0.380. The van der Waals surface area contributed by atoms with E-state index in [1.807, 2.05) is 0 Å². The monoisotopic (exact) mass is 394 g/mol. The first-order valence-electron chi connectivity index (χ1n) is 8.59. The molecule has 0 aliphatic carbocycles. The van der Waals surface area contributed by atoms with Gasteiger partial charge >= 0.3 is 6.18 Å². The molecule has 2 aromatic rings. The van der Waals surface area contributed by atoms with Gasteiger partial charge in [0.1, 0.15) is 5.75 Å². The van der Waals surface area contributed by atoms with E-state index < -0.39 is 11.7 Å². The van der Waals surface area contributed by atoms with Crippen molar-refractivity contribution >= 4 is 17.5 Å². The number of anilines is 1. The summed E-state index contributed by atoms with van der Waals surface area (Å²) in [6.07, 6.45) is -4.13. The van der Waals surface area contributed by atoms with Crippen LogP contribution < -0.4 is 15.4 Å². The van der Waals surface area contributed by atoms with Gasteiger partial charge in [-0.25, -0.2) is 0 Å². The molecule has 150 valence electrons. The van der Waals surface area contributed by atoms with E-state index in [9.17, 15) is 22.8 Å². The van der Waals surface area contributed by atoms with Crippen molar-refractivity contribution in [2.45, 2.75) is 32.5 Å². The summed E-state index contributed by atoms with van der Waals surface area (Å²) in [6, 6.07) is 11.2. The van der Waals surface area contributed by atoms with E-state index in [0.717, 1.165) is 12.1 Å². The normalized spacial score (nSPS) is 12.2. The zero-order chi connectivity index (χ0) is 20.7. The van der Waals surface area contributed by atoms with Gasteiger partial charge in [-0.3, -0.25) is 9.59 Å². The molecule has 8 heteroatoms. The summed E-state index contributed by atoms with van der Waals surface area (Å²) < 4.78 is 43.6. The van der Waals surface area contributed by atoms with Crippen molar-refractivity contribution in [2.24, 2.45) is 0 Å². The lowest BCUT2D eigenvalue weighted by Crippen LogP contribution is -2.37. The summed E-state index contributed by atoms with van der Waals surface area (Å²) in [5, 5.41) is 5.31. The highest BCUT2D eigenvalue weighted by Crippen LogP contribution is 2.29. The smallest absolute Gasteiger partial charge is 0.416 e. The number of hydrogen-bond acceptors (Lipinski definition) is 3. The molecule has 2 amide bonds. The van der Waals surface area contributed by atoms with Crippen molar-refractivity contribution in [3.63, 3.8) is 0 Å². The van der Waals surface area contributed by atoms with Crippen LogP contribution >= 0.6 is 0 Å². The Morgan fingerprint density at radius 1 is 1.11 bits per heavy atom. The van der Waals surface area contributed by atoms with E-state index in [1.54, 1.807) is 37.3 Å². The standard InChI is InChI=1S/C20H21F3N2O3/c1-13(10-15-4-3-5-16(11-15)20(21,22)23)24-19(27)12-28-18-8-6-17(7-9-18)25-14(2)26/h3-9,11,13H,10,12H2,1-2H3,(H,24,27)(H,25,26)/t13-/m0/s1. The SMILES string of the molecule is CC(=O)Nc1ccc(OCC(=O)N[C@@H](C)Cc2cccc(C(F)(F)F)c2)cc1. The number of carbonyl (C=O) groups is 2. The van der Waals surface area contributed by atoms with Crippen molar-refractivity contribution in [1.82, 2.24) is 5.32 Å². The van der Waals surface area contributed by atoms with Gasteiger partial charge in [0, 0.05) is 18.7 Å². The number of carbonyl (C=O) groups excluding carboxylic acids is 2. The molecule has 0 radical (unpaired) electrons. The lowest BCUT2D eigenvalue weighted by Gasteiger charge is -2.15. The van der Waals surface area contributed by atoms with Crippen LogP contribution in [0.1, 0.15) is 25.0 Å². The Labute approximate surface area is 160 Å². The van der Waals surface area contributed by atoms with Gasteiger partial charge in [0.25, 0.3) is 5.91 Å². The van der Waals surface area contributed by atoms with Crippen molar-refractivity contribution in [2.75, 3.05) is 11.9 Å². The molecule has 2 aromatic carbocycles. The van der Waals surface area contributed by atoms with E-state index in [4.69, 9.17) is 4.74 Å². The van der Waals surface area contributed by atoms with Crippen LogP contribution in [-0.4, -0.2) is 24.5 Å². The molecule has 2 N–H and O–H groups in total. The highest BCUT2D eigenvalue weighted by atomic mass is 19.4. The maximum absolute atomic E-state index is 12.8. The van der Waals surface area contributed by atoms with Crippen LogP contribution in [0.5, 0.6) is 5.75 Å². The molecule has 0 aromatic heterocycles. The second-order valence-corrected chi connectivity index (χ2v) is 6.37. The minimum Gasteiger partial charge on any atom is -0.484 e. The zero-order valence-electron chi connectivity index (χ0n) is 15.5. The fraction of sp³-hybridized carbons (Fsp3) is 0.300. The molecule has 0 spiro atoms. The summed E-state index contributed by atoms with van der Waals surface area (Å²) >= 11 is 0. The van der Waals surface area contributed by atoms with E-state index >= 15 is 0 Å². The molecule has 0 aliphatic heterocycles. The first kappa shape index (κ1) is 21.3. The fourth-order valence-corrected chi connectivity index (χ4v) is 2.58. The first-order valence-corrected chi connectivity index (χ1v) is 8.59. The van der Waals surface area contributed by atoms with Crippen LogP contribution in [0.15, 0.2) is 48.5 Å². The van der Waals surface area contributed by atoms with E-state index in [1.165, 1.54) is 13.0 Å². The summed E-state index contributed by atoms with van der Waals surface area (Å²) in [4.78, 5) is 22.9. The summed E-state index contributed by atoms with van der Waals surface area (Å²) in [6.45, 7) is 2.88. The molecule has 0 aliphatic rings. The number of nitrogens with one attached hydrogen (secondary N) is 2. The summed E-state index contributed by atoms with van der Waals surface area (Å²) in [5.74, 6) is -0.122. The first-order chi connectivity index (χ1) is 13.1. The Bertz CT molecular complexity index is 820. The molecule has 0 bridgehead atoms. The van der Waals surface area contributed by atoms with Crippen molar-refractivity contribution in [3.05, 3.63) is 59.7 Å². The third kappa shape index (κ3) is 6.94. The fourth-order valence-electron chi connectivity index (χ4n) is 2.58. The maximum atomic E-state index is 12.8. The van der Waals surface area contributed by atoms with Crippen molar-refractivity contribution < 1.29 is 27.5 Å². The van der Waals surface area contributed by atoms with Crippen LogP contribution in [0.3, 0.4) is 0 Å². The van der Waals surface area contributed by atoms with E-state index in [2.05, 4.69) is 10.6 Å². The average molecular weight is 394 g/mol. The van der Waals surface area contributed by atoms with Crippen LogP contribution in [0.25, 0.3) is 0 Å². The second-order valence-electron chi connectivity index (χ2n) is 6.37. The Kier molecular flexibility index (Phi) is 7.03. The number of rotatable bonds is 7. The Morgan fingerprint density at radius 3 is 2.39 bits per heavy atom. The molecule has 0 saturated carbocycles. The second kappa shape index (κ2) is 9.25.